The Balaban J connectivity index is 3.68. The van der Waals surface area contributed by atoms with Crippen LogP contribution in [0.25, 0.3) is 0 Å². The summed E-state index contributed by atoms with van der Waals surface area (Å²) >= 11 is 5.26. The van der Waals surface area contributed by atoms with Crippen LogP contribution in [0.15, 0.2) is 0 Å². The normalized spacial score (nSPS) is 11.3. The van der Waals surface area contributed by atoms with Gasteiger partial charge in [-0.1, -0.05) is 27.7 Å². The van der Waals surface area contributed by atoms with Crippen molar-refractivity contribution in [3.63, 3.8) is 0 Å². The second kappa shape index (κ2) is 10.6. The van der Waals surface area contributed by atoms with Gasteiger partial charge in [-0.15, -0.1) is 0 Å². The second-order valence-electron chi connectivity index (χ2n) is 5.34. The van der Waals surface area contributed by atoms with E-state index in [1.165, 1.54) is 0 Å². The largest absolute Gasteiger partial charge is 0.382 e. The fourth-order valence-electron chi connectivity index (χ4n) is 2.03. The first-order valence-electron chi connectivity index (χ1n) is 7.08. The van der Waals surface area contributed by atoms with Gasteiger partial charge in [0.1, 0.15) is 0 Å². The molecule has 0 aromatic rings. The van der Waals surface area contributed by atoms with Gasteiger partial charge in [-0.2, -0.15) is 0 Å². The van der Waals surface area contributed by atoms with Gasteiger partial charge in [0.15, 0.2) is 5.11 Å². The van der Waals surface area contributed by atoms with Crippen LogP contribution in [0.2, 0.25) is 0 Å². The summed E-state index contributed by atoms with van der Waals surface area (Å²) in [6, 6.07) is 0. The Morgan fingerprint density at radius 3 is 2.22 bits per heavy atom. The molecule has 0 heterocycles. The Labute approximate surface area is 118 Å². The molecule has 0 amide bonds. The molecule has 0 fully saturated rings. The predicted molar refractivity (Wildman–Crippen MR) is 82.9 cm³/mol. The summed E-state index contributed by atoms with van der Waals surface area (Å²) in [5, 5.41) is 7.29. The van der Waals surface area contributed by atoms with Crippen molar-refractivity contribution in [1.82, 2.24) is 10.6 Å². The van der Waals surface area contributed by atoms with Crippen molar-refractivity contribution in [2.24, 2.45) is 17.8 Å². The van der Waals surface area contributed by atoms with Gasteiger partial charge in [0, 0.05) is 26.3 Å². The molecule has 0 unspecified atom stereocenters. The lowest BCUT2D eigenvalue weighted by Crippen LogP contribution is -2.40. The highest BCUT2D eigenvalue weighted by Gasteiger charge is 2.17. The van der Waals surface area contributed by atoms with E-state index in [1.54, 1.807) is 0 Å². The van der Waals surface area contributed by atoms with Gasteiger partial charge in [0.05, 0.1) is 0 Å². The number of nitrogens with one attached hydrogen (secondary N) is 2. The van der Waals surface area contributed by atoms with Crippen LogP contribution in [0.3, 0.4) is 0 Å². The van der Waals surface area contributed by atoms with E-state index in [-0.39, 0.29) is 0 Å². The number of rotatable bonds is 9. The van der Waals surface area contributed by atoms with Gasteiger partial charge < -0.3 is 15.4 Å². The standard InChI is InChI=1S/C14H30N2OS/c1-6-17-9-7-8-15-14(18)16-10-13(11(2)3)12(4)5/h11-13H,6-10H2,1-5H3,(H2,15,16,18). The van der Waals surface area contributed by atoms with Crippen LogP contribution in [-0.4, -0.2) is 31.4 Å². The van der Waals surface area contributed by atoms with Crippen molar-refractivity contribution >= 4 is 17.3 Å². The quantitative estimate of drug-likeness (QED) is 0.500. The molecule has 4 heteroatoms. The Bertz CT molecular complexity index is 212. The molecule has 0 aromatic heterocycles. The lowest BCUT2D eigenvalue weighted by Gasteiger charge is -2.25. The summed E-state index contributed by atoms with van der Waals surface area (Å²) in [4.78, 5) is 0. The molecule has 2 N–H and O–H groups in total. The molecule has 0 aliphatic rings. The maximum absolute atomic E-state index is 5.27. The summed E-state index contributed by atoms with van der Waals surface area (Å²) in [6.07, 6.45) is 0.994. The average molecular weight is 274 g/mol. The molecular formula is C14H30N2OS. The Kier molecular flexibility index (Phi) is 10.4. The first-order valence-corrected chi connectivity index (χ1v) is 7.49. The average Bonchev–Trinajstić information content (AvgIpc) is 2.28. The van der Waals surface area contributed by atoms with Crippen molar-refractivity contribution in [3.05, 3.63) is 0 Å². The van der Waals surface area contributed by atoms with E-state index in [0.717, 1.165) is 37.8 Å². The predicted octanol–water partition coefficient (Wildman–Crippen LogP) is 2.81. The monoisotopic (exact) mass is 274 g/mol. The molecule has 0 bridgehead atoms. The number of hydrogen-bond donors (Lipinski definition) is 2. The molecule has 0 atom stereocenters. The topological polar surface area (TPSA) is 33.3 Å². The minimum absolute atomic E-state index is 0.660. The van der Waals surface area contributed by atoms with Gasteiger partial charge >= 0.3 is 0 Å². The van der Waals surface area contributed by atoms with Gasteiger partial charge in [0.2, 0.25) is 0 Å². The Hall–Kier alpha value is -0.350. The van der Waals surface area contributed by atoms with E-state index in [4.69, 9.17) is 17.0 Å². The smallest absolute Gasteiger partial charge is 0.166 e. The van der Waals surface area contributed by atoms with Crippen molar-refractivity contribution in [3.8, 4) is 0 Å². The highest BCUT2D eigenvalue weighted by Crippen LogP contribution is 2.19. The fraction of sp³-hybridized carbons (Fsp3) is 0.929. The van der Waals surface area contributed by atoms with Crippen LogP contribution in [-0.2, 0) is 4.74 Å². The SMILES string of the molecule is CCOCCCNC(=S)NCC(C(C)C)C(C)C. The molecular weight excluding hydrogens is 244 g/mol. The third-order valence-electron chi connectivity index (χ3n) is 3.17. The van der Waals surface area contributed by atoms with E-state index in [1.807, 2.05) is 6.92 Å². The van der Waals surface area contributed by atoms with Crippen LogP contribution in [0.4, 0.5) is 0 Å². The Morgan fingerprint density at radius 2 is 1.72 bits per heavy atom. The molecule has 18 heavy (non-hydrogen) atoms. The third-order valence-corrected chi connectivity index (χ3v) is 3.45. The maximum Gasteiger partial charge on any atom is 0.166 e. The number of ether oxygens (including phenoxy) is 1. The van der Waals surface area contributed by atoms with E-state index in [2.05, 4.69) is 38.3 Å². The fourth-order valence-corrected chi connectivity index (χ4v) is 2.22. The molecule has 0 aliphatic heterocycles. The van der Waals surface area contributed by atoms with Crippen LogP contribution in [0.5, 0.6) is 0 Å². The zero-order valence-electron chi connectivity index (χ0n) is 12.6. The lowest BCUT2D eigenvalue weighted by atomic mass is 9.85. The van der Waals surface area contributed by atoms with Crippen LogP contribution < -0.4 is 10.6 Å². The third kappa shape index (κ3) is 8.70. The zero-order valence-corrected chi connectivity index (χ0v) is 13.4. The molecule has 0 rings (SSSR count). The molecule has 0 radical (unpaired) electrons. The van der Waals surface area contributed by atoms with Crippen LogP contribution in [0, 0.1) is 17.8 Å². The number of hydrogen-bond acceptors (Lipinski definition) is 2. The second-order valence-corrected chi connectivity index (χ2v) is 5.75. The summed E-state index contributed by atoms with van der Waals surface area (Å²) in [7, 11) is 0. The molecule has 0 aliphatic carbocycles. The Morgan fingerprint density at radius 1 is 1.11 bits per heavy atom. The van der Waals surface area contributed by atoms with Crippen molar-refractivity contribution in [2.45, 2.75) is 41.0 Å². The maximum atomic E-state index is 5.27. The zero-order chi connectivity index (χ0) is 14.0. The van der Waals surface area contributed by atoms with Crippen LogP contribution in [0.1, 0.15) is 41.0 Å². The van der Waals surface area contributed by atoms with E-state index in [0.29, 0.717) is 17.8 Å². The summed E-state index contributed by atoms with van der Waals surface area (Å²) in [6.45, 7) is 14.5. The molecule has 0 saturated heterocycles. The van der Waals surface area contributed by atoms with E-state index >= 15 is 0 Å². The van der Waals surface area contributed by atoms with E-state index in [9.17, 15) is 0 Å². The molecule has 3 nitrogen and oxygen atoms in total. The highest BCUT2D eigenvalue weighted by atomic mass is 32.1. The number of thiocarbonyl (C=S) groups is 1. The minimum atomic E-state index is 0.660. The lowest BCUT2D eigenvalue weighted by molar-refractivity contribution is 0.145. The molecule has 0 saturated carbocycles. The summed E-state index contributed by atoms with van der Waals surface area (Å²) in [5.41, 5.74) is 0. The van der Waals surface area contributed by atoms with Gasteiger partial charge in [-0.05, 0) is 43.3 Å². The summed E-state index contributed by atoms with van der Waals surface area (Å²) in [5.74, 6) is 2.02. The van der Waals surface area contributed by atoms with Gasteiger partial charge in [0.25, 0.3) is 0 Å². The minimum Gasteiger partial charge on any atom is -0.382 e. The van der Waals surface area contributed by atoms with Crippen molar-refractivity contribution in [1.29, 1.82) is 0 Å². The van der Waals surface area contributed by atoms with Gasteiger partial charge in [-0.3, -0.25) is 0 Å². The highest BCUT2D eigenvalue weighted by molar-refractivity contribution is 7.80. The molecule has 108 valence electrons. The van der Waals surface area contributed by atoms with Crippen LogP contribution >= 0.6 is 12.2 Å². The van der Waals surface area contributed by atoms with Crippen molar-refractivity contribution < 1.29 is 4.74 Å². The first kappa shape index (κ1) is 17.6. The summed E-state index contributed by atoms with van der Waals surface area (Å²) < 4.78 is 5.27. The molecule has 0 aromatic carbocycles. The van der Waals surface area contributed by atoms with Crippen molar-refractivity contribution in [2.75, 3.05) is 26.3 Å². The first-order chi connectivity index (χ1) is 8.49. The molecule has 0 spiro atoms. The van der Waals surface area contributed by atoms with Gasteiger partial charge in [-0.25, -0.2) is 0 Å². The van der Waals surface area contributed by atoms with E-state index < -0.39 is 0 Å².